The van der Waals surface area contributed by atoms with Crippen LogP contribution in [0, 0.1) is 5.82 Å². The van der Waals surface area contributed by atoms with Crippen molar-refractivity contribution in [3.63, 3.8) is 0 Å². The van der Waals surface area contributed by atoms with Crippen molar-refractivity contribution in [1.82, 2.24) is 0 Å². The highest BCUT2D eigenvalue weighted by atomic mass is 19.1. The molecule has 0 aliphatic rings. The molecule has 0 aromatic heterocycles. The Morgan fingerprint density at radius 2 is 1.86 bits per heavy atom. The molecule has 0 unspecified atom stereocenters. The number of carboxylic acid groups (broad SMARTS) is 1. The van der Waals surface area contributed by atoms with E-state index in [-0.39, 0.29) is 5.75 Å². The van der Waals surface area contributed by atoms with E-state index in [0.717, 1.165) is 0 Å². The molecule has 3 nitrogen and oxygen atoms in total. The Kier molecular flexibility index (Phi) is 3.98. The molecule has 1 N–H and O–H groups in total. The highest BCUT2D eigenvalue weighted by Gasteiger charge is 2.29. The van der Waals surface area contributed by atoms with Crippen LogP contribution in [0.3, 0.4) is 0 Å². The van der Waals surface area contributed by atoms with E-state index < -0.39 is 17.2 Å². The predicted molar refractivity (Wildman–Crippen MR) is 79.0 cm³/mol. The van der Waals surface area contributed by atoms with Gasteiger partial charge in [-0.3, -0.25) is 4.79 Å². The van der Waals surface area contributed by atoms with E-state index in [4.69, 9.17) is 4.74 Å². The predicted octanol–water partition coefficient (Wildman–Crippen LogP) is 3.86. The van der Waals surface area contributed by atoms with Crippen LogP contribution in [-0.2, 0) is 10.2 Å². The van der Waals surface area contributed by atoms with E-state index in [1.807, 2.05) is 0 Å². The lowest BCUT2D eigenvalue weighted by Crippen LogP contribution is -2.28. The Morgan fingerprint density at radius 1 is 1.19 bits per heavy atom. The molecular formula is C17H17FO3. The molecule has 0 aliphatic carbocycles. The number of rotatable bonds is 4. The SMILES string of the molecule is COc1cccc(-c2cccc(C(C)(C)C(=O)O)c2)c1F. The van der Waals surface area contributed by atoms with Crippen LogP contribution in [-0.4, -0.2) is 18.2 Å². The van der Waals surface area contributed by atoms with E-state index in [9.17, 15) is 14.3 Å². The van der Waals surface area contributed by atoms with Crippen LogP contribution in [0.2, 0.25) is 0 Å². The lowest BCUT2D eigenvalue weighted by Gasteiger charge is -2.20. The maximum absolute atomic E-state index is 14.3. The summed E-state index contributed by atoms with van der Waals surface area (Å²) in [6, 6.07) is 11.8. The van der Waals surface area contributed by atoms with Crippen molar-refractivity contribution in [1.29, 1.82) is 0 Å². The zero-order chi connectivity index (χ0) is 15.6. The number of ether oxygens (including phenoxy) is 1. The van der Waals surface area contributed by atoms with Crippen LogP contribution >= 0.6 is 0 Å². The lowest BCUT2D eigenvalue weighted by atomic mass is 9.83. The fourth-order valence-corrected chi connectivity index (χ4v) is 2.09. The summed E-state index contributed by atoms with van der Waals surface area (Å²) in [7, 11) is 1.41. The average molecular weight is 288 g/mol. The number of carboxylic acids is 1. The topological polar surface area (TPSA) is 46.5 Å². The van der Waals surface area contributed by atoms with Crippen molar-refractivity contribution in [2.24, 2.45) is 0 Å². The van der Waals surface area contributed by atoms with Crippen molar-refractivity contribution in [3.8, 4) is 16.9 Å². The lowest BCUT2D eigenvalue weighted by molar-refractivity contribution is -0.142. The number of methoxy groups -OCH3 is 1. The number of hydrogen-bond donors (Lipinski definition) is 1. The van der Waals surface area contributed by atoms with Gasteiger partial charge >= 0.3 is 5.97 Å². The van der Waals surface area contributed by atoms with Crippen molar-refractivity contribution < 1.29 is 19.0 Å². The van der Waals surface area contributed by atoms with Crippen LogP contribution in [0.15, 0.2) is 42.5 Å². The number of hydrogen-bond acceptors (Lipinski definition) is 2. The van der Waals surface area contributed by atoms with Gasteiger partial charge in [0.25, 0.3) is 0 Å². The maximum atomic E-state index is 14.3. The zero-order valence-electron chi connectivity index (χ0n) is 12.2. The van der Waals surface area contributed by atoms with Gasteiger partial charge in [0, 0.05) is 5.56 Å². The minimum absolute atomic E-state index is 0.162. The normalized spacial score (nSPS) is 11.2. The summed E-state index contributed by atoms with van der Waals surface area (Å²) >= 11 is 0. The second kappa shape index (κ2) is 5.56. The third kappa shape index (κ3) is 2.75. The molecule has 0 aliphatic heterocycles. The molecule has 0 radical (unpaired) electrons. The summed E-state index contributed by atoms with van der Waals surface area (Å²) in [6.07, 6.45) is 0. The van der Waals surface area contributed by atoms with Gasteiger partial charge in [-0.1, -0.05) is 30.3 Å². The minimum Gasteiger partial charge on any atom is -0.494 e. The minimum atomic E-state index is -1.04. The van der Waals surface area contributed by atoms with E-state index in [0.29, 0.717) is 16.7 Å². The average Bonchev–Trinajstić information content (AvgIpc) is 2.47. The molecule has 0 spiro atoms. The van der Waals surface area contributed by atoms with Gasteiger partial charge in [-0.2, -0.15) is 0 Å². The largest absolute Gasteiger partial charge is 0.494 e. The Balaban J connectivity index is 2.55. The van der Waals surface area contributed by atoms with Gasteiger partial charge in [-0.05, 0) is 37.1 Å². The molecule has 0 saturated carbocycles. The molecule has 0 heterocycles. The molecule has 4 heteroatoms. The van der Waals surface area contributed by atoms with Gasteiger partial charge in [0.1, 0.15) is 0 Å². The molecular weight excluding hydrogens is 271 g/mol. The first kappa shape index (κ1) is 15.0. The Morgan fingerprint density at radius 3 is 2.48 bits per heavy atom. The molecule has 0 amide bonds. The Bertz CT molecular complexity index is 677. The fraction of sp³-hybridized carbons (Fsp3) is 0.235. The number of benzene rings is 2. The third-order valence-corrected chi connectivity index (χ3v) is 3.61. The van der Waals surface area contributed by atoms with Crippen molar-refractivity contribution >= 4 is 5.97 Å². The number of aliphatic carboxylic acids is 1. The highest BCUT2D eigenvalue weighted by Crippen LogP contribution is 2.32. The smallest absolute Gasteiger partial charge is 0.313 e. The maximum Gasteiger partial charge on any atom is 0.313 e. The first-order valence-electron chi connectivity index (χ1n) is 6.54. The summed E-state index contributed by atoms with van der Waals surface area (Å²) in [5, 5.41) is 9.30. The Hall–Kier alpha value is -2.36. The molecule has 0 fully saturated rings. The van der Waals surface area contributed by atoms with Crippen molar-refractivity contribution in [3.05, 3.63) is 53.8 Å². The molecule has 21 heavy (non-hydrogen) atoms. The molecule has 2 rings (SSSR count). The van der Waals surface area contributed by atoms with Gasteiger partial charge in [0.15, 0.2) is 11.6 Å². The first-order chi connectivity index (χ1) is 9.87. The molecule has 110 valence electrons. The van der Waals surface area contributed by atoms with Crippen molar-refractivity contribution in [2.45, 2.75) is 19.3 Å². The summed E-state index contributed by atoms with van der Waals surface area (Å²) in [5.74, 6) is -1.22. The van der Waals surface area contributed by atoms with Gasteiger partial charge in [0.05, 0.1) is 12.5 Å². The summed E-state index contributed by atoms with van der Waals surface area (Å²) in [6.45, 7) is 3.24. The van der Waals surface area contributed by atoms with Crippen LogP contribution in [0.5, 0.6) is 5.75 Å². The quantitative estimate of drug-likeness (QED) is 0.929. The third-order valence-electron chi connectivity index (χ3n) is 3.61. The van der Waals surface area contributed by atoms with E-state index in [1.54, 1.807) is 56.3 Å². The zero-order valence-corrected chi connectivity index (χ0v) is 12.2. The van der Waals surface area contributed by atoms with Gasteiger partial charge in [-0.15, -0.1) is 0 Å². The monoisotopic (exact) mass is 288 g/mol. The van der Waals surface area contributed by atoms with E-state index in [2.05, 4.69) is 0 Å². The van der Waals surface area contributed by atoms with Gasteiger partial charge < -0.3 is 9.84 Å². The summed E-state index contributed by atoms with van der Waals surface area (Å²) in [5.41, 5.74) is 0.594. The van der Waals surface area contributed by atoms with Crippen molar-refractivity contribution in [2.75, 3.05) is 7.11 Å². The van der Waals surface area contributed by atoms with E-state index >= 15 is 0 Å². The van der Waals surface area contributed by atoms with Crippen LogP contribution in [0.25, 0.3) is 11.1 Å². The van der Waals surface area contributed by atoms with E-state index in [1.165, 1.54) is 7.11 Å². The first-order valence-corrected chi connectivity index (χ1v) is 6.54. The molecule has 2 aromatic carbocycles. The molecule has 2 aromatic rings. The number of carbonyl (C=O) groups is 1. The second-order valence-electron chi connectivity index (χ2n) is 5.33. The molecule has 0 bridgehead atoms. The second-order valence-corrected chi connectivity index (χ2v) is 5.33. The van der Waals surface area contributed by atoms with Crippen LogP contribution < -0.4 is 4.74 Å². The fourth-order valence-electron chi connectivity index (χ4n) is 2.09. The van der Waals surface area contributed by atoms with Gasteiger partial charge in [-0.25, -0.2) is 4.39 Å². The molecule has 0 saturated heterocycles. The summed E-state index contributed by atoms with van der Waals surface area (Å²) < 4.78 is 19.3. The highest BCUT2D eigenvalue weighted by molar-refractivity contribution is 5.81. The summed E-state index contributed by atoms with van der Waals surface area (Å²) in [4.78, 5) is 11.3. The Labute approximate surface area is 123 Å². The van der Waals surface area contributed by atoms with Crippen LogP contribution in [0.4, 0.5) is 4.39 Å². The van der Waals surface area contributed by atoms with Gasteiger partial charge in [0.2, 0.25) is 0 Å². The standard InChI is InChI=1S/C17H17FO3/c1-17(2,16(19)20)12-7-4-6-11(10-12)13-8-5-9-14(21-3)15(13)18/h4-10H,1-3H3,(H,19,20). The molecule has 0 atom stereocenters. The number of halogens is 1. The van der Waals surface area contributed by atoms with Crippen LogP contribution in [0.1, 0.15) is 19.4 Å².